The van der Waals surface area contributed by atoms with Crippen molar-refractivity contribution in [2.24, 2.45) is 0 Å². The molecular formula is C13H18O2. The molecule has 1 aliphatic heterocycles. The van der Waals surface area contributed by atoms with Gasteiger partial charge in [-0.3, -0.25) is 0 Å². The molecule has 1 aromatic carbocycles. The fourth-order valence-corrected chi connectivity index (χ4v) is 2.08. The molecule has 1 saturated heterocycles. The lowest BCUT2D eigenvalue weighted by molar-refractivity contribution is -0.131. The van der Waals surface area contributed by atoms with Crippen molar-refractivity contribution >= 4 is 0 Å². The minimum Gasteiger partial charge on any atom is -0.368 e. The molecule has 2 nitrogen and oxygen atoms in total. The molecule has 1 aromatic rings. The number of hydrogen-bond donors (Lipinski definition) is 1. The molecule has 0 spiro atoms. The zero-order chi connectivity index (χ0) is 10.5. The number of aliphatic hydroxyl groups excluding tert-OH is 1. The molecule has 0 amide bonds. The van der Waals surface area contributed by atoms with Crippen molar-refractivity contribution in [2.45, 2.75) is 44.5 Å². The van der Waals surface area contributed by atoms with Gasteiger partial charge in [0.1, 0.15) is 0 Å². The van der Waals surface area contributed by atoms with Crippen molar-refractivity contribution in [3.63, 3.8) is 0 Å². The van der Waals surface area contributed by atoms with Gasteiger partial charge < -0.3 is 9.84 Å². The smallest absolute Gasteiger partial charge is 0.154 e. The Bertz CT molecular complexity index is 284. The maximum Gasteiger partial charge on any atom is 0.154 e. The second-order valence-corrected chi connectivity index (χ2v) is 4.19. The van der Waals surface area contributed by atoms with E-state index in [2.05, 4.69) is 12.1 Å². The summed E-state index contributed by atoms with van der Waals surface area (Å²) >= 11 is 0. The molecule has 1 aliphatic rings. The Balaban J connectivity index is 1.93. The highest BCUT2D eigenvalue weighted by molar-refractivity contribution is 5.15. The van der Waals surface area contributed by atoms with E-state index in [-0.39, 0.29) is 6.10 Å². The van der Waals surface area contributed by atoms with Crippen LogP contribution in [0.5, 0.6) is 0 Å². The molecule has 82 valence electrons. The lowest BCUT2D eigenvalue weighted by Crippen LogP contribution is -2.21. The third-order valence-electron chi connectivity index (χ3n) is 2.88. The van der Waals surface area contributed by atoms with Gasteiger partial charge >= 0.3 is 0 Å². The number of benzene rings is 1. The Hall–Kier alpha value is -0.860. The highest BCUT2D eigenvalue weighted by atomic mass is 16.6. The predicted octanol–water partition coefficient (Wildman–Crippen LogP) is 2.51. The van der Waals surface area contributed by atoms with Gasteiger partial charge in [0.05, 0.1) is 6.10 Å². The van der Waals surface area contributed by atoms with Crippen LogP contribution in [0.25, 0.3) is 0 Å². The highest BCUT2D eigenvalue weighted by Crippen LogP contribution is 2.20. The van der Waals surface area contributed by atoms with Crippen LogP contribution >= 0.6 is 0 Å². The first-order chi connectivity index (χ1) is 7.34. The van der Waals surface area contributed by atoms with E-state index in [0.29, 0.717) is 0 Å². The third-order valence-corrected chi connectivity index (χ3v) is 2.88. The summed E-state index contributed by atoms with van der Waals surface area (Å²) in [7, 11) is 0. The zero-order valence-corrected chi connectivity index (χ0v) is 8.93. The monoisotopic (exact) mass is 206 g/mol. The lowest BCUT2D eigenvalue weighted by atomic mass is 10.0. The van der Waals surface area contributed by atoms with Crippen molar-refractivity contribution in [3.8, 4) is 0 Å². The molecule has 1 fully saturated rings. The Kier molecular flexibility index (Phi) is 3.75. The largest absolute Gasteiger partial charge is 0.368 e. The molecule has 0 aromatic heterocycles. The molecular weight excluding hydrogens is 188 g/mol. The summed E-state index contributed by atoms with van der Waals surface area (Å²) in [6.07, 6.45) is 4.63. The quantitative estimate of drug-likeness (QED) is 0.805. The Labute approximate surface area is 90.9 Å². The summed E-state index contributed by atoms with van der Waals surface area (Å²) in [4.78, 5) is 0. The summed E-state index contributed by atoms with van der Waals surface area (Å²) < 4.78 is 5.57. The van der Waals surface area contributed by atoms with Crippen molar-refractivity contribution in [3.05, 3.63) is 35.9 Å². The molecule has 1 N–H and O–H groups in total. The Morgan fingerprint density at radius 3 is 2.67 bits per heavy atom. The molecule has 0 radical (unpaired) electrons. The van der Waals surface area contributed by atoms with E-state index in [1.165, 1.54) is 5.56 Å². The van der Waals surface area contributed by atoms with Crippen LogP contribution in [-0.4, -0.2) is 17.5 Å². The van der Waals surface area contributed by atoms with Crippen LogP contribution in [0.3, 0.4) is 0 Å². The van der Waals surface area contributed by atoms with Crippen molar-refractivity contribution in [2.75, 3.05) is 0 Å². The molecule has 2 rings (SSSR count). The molecule has 1 heterocycles. The summed E-state index contributed by atoms with van der Waals surface area (Å²) in [5, 5.41) is 9.52. The van der Waals surface area contributed by atoms with E-state index < -0.39 is 6.29 Å². The molecule has 0 aliphatic carbocycles. The van der Waals surface area contributed by atoms with Crippen molar-refractivity contribution in [1.29, 1.82) is 0 Å². The normalized spacial score (nSPS) is 27.3. The van der Waals surface area contributed by atoms with Crippen molar-refractivity contribution in [1.82, 2.24) is 0 Å². The van der Waals surface area contributed by atoms with Crippen molar-refractivity contribution < 1.29 is 9.84 Å². The fraction of sp³-hybridized carbons (Fsp3) is 0.538. The van der Waals surface area contributed by atoms with Crippen LogP contribution in [-0.2, 0) is 11.2 Å². The second-order valence-electron chi connectivity index (χ2n) is 4.19. The van der Waals surface area contributed by atoms with E-state index in [0.717, 1.165) is 32.1 Å². The van der Waals surface area contributed by atoms with E-state index >= 15 is 0 Å². The van der Waals surface area contributed by atoms with Gasteiger partial charge in [-0.05, 0) is 31.2 Å². The molecule has 15 heavy (non-hydrogen) atoms. The van der Waals surface area contributed by atoms with Gasteiger partial charge in [0.2, 0.25) is 0 Å². The highest BCUT2D eigenvalue weighted by Gasteiger charge is 2.18. The third kappa shape index (κ3) is 3.33. The topological polar surface area (TPSA) is 29.5 Å². The molecule has 2 heteroatoms. The van der Waals surface area contributed by atoms with Crippen LogP contribution in [0.2, 0.25) is 0 Å². The first-order valence-electron chi connectivity index (χ1n) is 5.72. The number of aliphatic hydroxyl groups is 1. The fourth-order valence-electron chi connectivity index (χ4n) is 2.08. The molecule has 2 unspecified atom stereocenters. The molecule has 0 bridgehead atoms. The Morgan fingerprint density at radius 1 is 1.13 bits per heavy atom. The van der Waals surface area contributed by atoms with Crippen LogP contribution in [0.15, 0.2) is 30.3 Å². The summed E-state index contributed by atoms with van der Waals surface area (Å²) in [5.74, 6) is 0. The minimum absolute atomic E-state index is 0.185. The van der Waals surface area contributed by atoms with E-state index in [9.17, 15) is 5.11 Å². The van der Waals surface area contributed by atoms with Gasteiger partial charge in [-0.25, -0.2) is 0 Å². The number of hydrogen-bond acceptors (Lipinski definition) is 2. The zero-order valence-electron chi connectivity index (χ0n) is 8.93. The van der Waals surface area contributed by atoms with Gasteiger partial charge in [-0.2, -0.15) is 0 Å². The lowest BCUT2D eigenvalue weighted by Gasteiger charge is -2.17. The van der Waals surface area contributed by atoms with Crippen LogP contribution in [0, 0.1) is 0 Å². The average Bonchev–Trinajstić information content (AvgIpc) is 2.44. The first-order valence-corrected chi connectivity index (χ1v) is 5.72. The van der Waals surface area contributed by atoms with Crippen LogP contribution in [0.1, 0.15) is 31.2 Å². The standard InChI is InChI=1S/C13H18O2/c14-13-9-5-4-8-12(15-13)10-11-6-2-1-3-7-11/h1-3,6-7,12-14H,4-5,8-10H2. The van der Waals surface area contributed by atoms with E-state index in [4.69, 9.17) is 4.74 Å². The van der Waals surface area contributed by atoms with Gasteiger partial charge in [0.25, 0.3) is 0 Å². The van der Waals surface area contributed by atoms with Gasteiger partial charge in [-0.15, -0.1) is 0 Å². The summed E-state index contributed by atoms with van der Waals surface area (Å²) in [6.45, 7) is 0. The summed E-state index contributed by atoms with van der Waals surface area (Å²) in [6, 6.07) is 10.3. The Morgan fingerprint density at radius 2 is 1.87 bits per heavy atom. The van der Waals surface area contributed by atoms with Gasteiger partial charge in [0.15, 0.2) is 6.29 Å². The SMILES string of the molecule is OC1CCCCC(Cc2ccccc2)O1. The van der Waals surface area contributed by atoms with E-state index in [1.54, 1.807) is 0 Å². The maximum absolute atomic E-state index is 9.52. The summed E-state index contributed by atoms with van der Waals surface area (Å²) in [5.41, 5.74) is 1.29. The van der Waals surface area contributed by atoms with E-state index in [1.807, 2.05) is 18.2 Å². The van der Waals surface area contributed by atoms with Crippen LogP contribution < -0.4 is 0 Å². The number of rotatable bonds is 2. The predicted molar refractivity (Wildman–Crippen MR) is 59.5 cm³/mol. The van der Waals surface area contributed by atoms with Gasteiger partial charge in [0, 0.05) is 0 Å². The second kappa shape index (κ2) is 5.29. The first kappa shape index (κ1) is 10.7. The maximum atomic E-state index is 9.52. The number of ether oxygens (including phenoxy) is 1. The van der Waals surface area contributed by atoms with Crippen LogP contribution in [0.4, 0.5) is 0 Å². The average molecular weight is 206 g/mol. The molecule has 2 atom stereocenters. The van der Waals surface area contributed by atoms with Gasteiger partial charge in [-0.1, -0.05) is 36.8 Å². The molecule has 0 saturated carbocycles. The minimum atomic E-state index is -0.554.